The minimum absolute atomic E-state index is 0.192. The molecule has 1 spiro atoms. The van der Waals surface area contributed by atoms with Crippen LogP contribution >= 0.6 is 0 Å². The first-order valence-electron chi connectivity index (χ1n) is 9.21. The third kappa shape index (κ3) is 2.99. The van der Waals surface area contributed by atoms with Gasteiger partial charge in [0.15, 0.2) is 0 Å². The third-order valence-corrected chi connectivity index (χ3v) is 6.00. The summed E-state index contributed by atoms with van der Waals surface area (Å²) in [5.74, 6) is 1.85. The summed E-state index contributed by atoms with van der Waals surface area (Å²) in [6.45, 7) is 5.44. The van der Waals surface area contributed by atoms with Gasteiger partial charge in [-0.15, -0.1) is 0 Å². The molecular weight excluding hydrogens is 260 g/mol. The average Bonchev–Trinajstić information content (AvgIpc) is 3.17. The molecule has 120 valence electrons. The zero-order valence-electron chi connectivity index (χ0n) is 13.9. The Balaban J connectivity index is 1.59. The fraction of sp³-hybridized carbons (Fsp3) is 0.944. The molecule has 1 saturated heterocycles. The Morgan fingerprint density at radius 3 is 2.48 bits per heavy atom. The molecule has 3 nitrogen and oxygen atoms in total. The summed E-state index contributed by atoms with van der Waals surface area (Å²) in [6.07, 6.45) is 13.0. The number of nitrogens with one attached hydrogen (secondary N) is 1. The molecule has 3 heteroatoms. The summed E-state index contributed by atoms with van der Waals surface area (Å²) in [6, 6.07) is 0. The molecule has 3 rings (SSSR count). The van der Waals surface area contributed by atoms with E-state index in [1.165, 1.54) is 51.4 Å². The molecule has 3 aliphatic rings. The van der Waals surface area contributed by atoms with Gasteiger partial charge in [-0.1, -0.05) is 52.4 Å². The normalized spacial score (nSPS) is 29.4. The smallest absolute Gasteiger partial charge is 0.244 e. The number of carbonyl (C=O) groups excluding carboxylic acids is 1. The summed E-state index contributed by atoms with van der Waals surface area (Å²) < 4.78 is 0. The van der Waals surface area contributed by atoms with Crippen molar-refractivity contribution in [3.8, 4) is 0 Å². The first-order valence-corrected chi connectivity index (χ1v) is 9.21. The van der Waals surface area contributed by atoms with Gasteiger partial charge in [-0.05, 0) is 37.5 Å². The van der Waals surface area contributed by atoms with Gasteiger partial charge in [-0.3, -0.25) is 10.1 Å². The highest BCUT2D eigenvalue weighted by molar-refractivity contribution is 5.89. The summed E-state index contributed by atoms with van der Waals surface area (Å²) >= 11 is 0. The largest absolute Gasteiger partial charge is 0.325 e. The maximum absolute atomic E-state index is 12.9. The Bertz CT molecular complexity index is 367. The Labute approximate surface area is 129 Å². The average molecular weight is 292 g/mol. The van der Waals surface area contributed by atoms with E-state index in [1.54, 1.807) is 0 Å². The molecule has 2 aliphatic carbocycles. The summed E-state index contributed by atoms with van der Waals surface area (Å²) in [5, 5.41) is 3.72. The molecular formula is C18H32N2O. The van der Waals surface area contributed by atoms with Gasteiger partial charge in [0.1, 0.15) is 0 Å². The first kappa shape index (κ1) is 15.3. The van der Waals surface area contributed by atoms with Crippen molar-refractivity contribution < 1.29 is 4.79 Å². The maximum atomic E-state index is 12.9. The van der Waals surface area contributed by atoms with Crippen LogP contribution in [-0.2, 0) is 4.79 Å². The predicted molar refractivity (Wildman–Crippen MR) is 85.9 cm³/mol. The predicted octanol–water partition coefficient (Wildman–Crippen LogP) is 3.68. The molecule has 1 unspecified atom stereocenters. The lowest BCUT2D eigenvalue weighted by Gasteiger charge is -2.27. The van der Waals surface area contributed by atoms with Crippen molar-refractivity contribution in [3.63, 3.8) is 0 Å². The van der Waals surface area contributed by atoms with Gasteiger partial charge in [0.2, 0.25) is 5.91 Å². The number of hydrogen-bond donors (Lipinski definition) is 1. The van der Waals surface area contributed by atoms with E-state index in [0.717, 1.165) is 25.3 Å². The van der Waals surface area contributed by atoms with Crippen LogP contribution in [0.5, 0.6) is 0 Å². The van der Waals surface area contributed by atoms with Crippen LogP contribution in [0.4, 0.5) is 0 Å². The summed E-state index contributed by atoms with van der Waals surface area (Å²) in [5.41, 5.74) is -0.192. The Morgan fingerprint density at radius 1 is 1.19 bits per heavy atom. The van der Waals surface area contributed by atoms with E-state index in [4.69, 9.17) is 0 Å². The summed E-state index contributed by atoms with van der Waals surface area (Å²) in [4.78, 5) is 15.1. The number of nitrogens with zero attached hydrogens (tertiary/aromatic N) is 1. The van der Waals surface area contributed by atoms with E-state index in [0.29, 0.717) is 11.8 Å². The zero-order valence-corrected chi connectivity index (χ0v) is 13.9. The van der Waals surface area contributed by atoms with Crippen LogP contribution in [0.25, 0.3) is 0 Å². The molecule has 1 aliphatic heterocycles. The molecule has 0 aromatic heterocycles. The van der Waals surface area contributed by atoms with Gasteiger partial charge >= 0.3 is 0 Å². The topological polar surface area (TPSA) is 32.3 Å². The Morgan fingerprint density at radius 2 is 1.86 bits per heavy atom. The van der Waals surface area contributed by atoms with Crippen LogP contribution in [0.1, 0.15) is 78.1 Å². The lowest BCUT2D eigenvalue weighted by molar-refractivity contribution is -0.133. The second-order valence-electron chi connectivity index (χ2n) is 7.91. The fourth-order valence-electron chi connectivity index (χ4n) is 4.78. The summed E-state index contributed by atoms with van der Waals surface area (Å²) in [7, 11) is 0. The van der Waals surface area contributed by atoms with Gasteiger partial charge in [-0.25, -0.2) is 0 Å². The fourth-order valence-corrected chi connectivity index (χ4v) is 4.78. The molecule has 3 fully saturated rings. The van der Waals surface area contributed by atoms with Gasteiger partial charge in [-0.2, -0.15) is 0 Å². The molecule has 1 heterocycles. The van der Waals surface area contributed by atoms with Crippen LogP contribution in [0.15, 0.2) is 0 Å². The number of amides is 1. The quantitative estimate of drug-likeness (QED) is 0.838. The highest BCUT2D eigenvalue weighted by atomic mass is 16.2. The van der Waals surface area contributed by atoms with Crippen molar-refractivity contribution in [1.29, 1.82) is 0 Å². The van der Waals surface area contributed by atoms with Crippen molar-refractivity contribution in [2.75, 3.05) is 6.54 Å². The lowest BCUT2D eigenvalue weighted by atomic mass is 9.97. The van der Waals surface area contributed by atoms with Crippen LogP contribution in [0.2, 0.25) is 0 Å². The molecule has 21 heavy (non-hydrogen) atoms. The molecule has 1 N–H and O–H groups in total. The molecule has 2 saturated carbocycles. The van der Waals surface area contributed by atoms with E-state index >= 15 is 0 Å². The monoisotopic (exact) mass is 292 g/mol. The van der Waals surface area contributed by atoms with Gasteiger partial charge in [0, 0.05) is 6.54 Å². The number of carbonyl (C=O) groups is 1. The van der Waals surface area contributed by atoms with Crippen molar-refractivity contribution in [3.05, 3.63) is 0 Å². The molecule has 0 aromatic carbocycles. The minimum atomic E-state index is -0.192. The van der Waals surface area contributed by atoms with E-state index in [-0.39, 0.29) is 11.7 Å². The first-order chi connectivity index (χ1) is 10.1. The maximum Gasteiger partial charge on any atom is 0.244 e. The van der Waals surface area contributed by atoms with Crippen molar-refractivity contribution in [2.24, 2.45) is 11.8 Å². The highest BCUT2D eigenvalue weighted by Gasteiger charge is 2.52. The van der Waals surface area contributed by atoms with E-state index < -0.39 is 0 Å². The van der Waals surface area contributed by atoms with E-state index in [1.807, 2.05) is 0 Å². The number of rotatable bonds is 5. The SMILES string of the molecule is CC(C)C1NC2(CCCC2)C(=O)N1CCCC1CCCC1. The zero-order chi connectivity index (χ0) is 14.9. The molecule has 0 radical (unpaired) electrons. The second kappa shape index (κ2) is 6.28. The Hall–Kier alpha value is -0.570. The highest BCUT2D eigenvalue weighted by Crippen LogP contribution is 2.38. The van der Waals surface area contributed by atoms with Gasteiger partial charge in [0.25, 0.3) is 0 Å². The Kier molecular flexibility index (Phi) is 4.58. The minimum Gasteiger partial charge on any atom is -0.325 e. The molecule has 1 amide bonds. The third-order valence-electron chi connectivity index (χ3n) is 6.00. The van der Waals surface area contributed by atoms with Gasteiger partial charge in [0.05, 0.1) is 11.7 Å². The number of hydrogen-bond acceptors (Lipinski definition) is 2. The van der Waals surface area contributed by atoms with Crippen LogP contribution < -0.4 is 5.32 Å². The second-order valence-corrected chi connectivity index (χ2v) is 7.91. The molecule has 0 bridgehead atoms. The van der Waals surface area contributed by atoms with Crippen LogP contribution in [0, 0.1) is 11.8 Å². The standard InChI is InChI=1S/C18H32N2O/c1-14(2)16-19-18(11-5-6-12-18)17(21)20(16)13-7-10-15-8-3-4-9-15/h14-16,19H,3-13H2,1-2H3. The van der Waals surface area contributed by atoms with Crippen molar-refractivity contribution in [2.45, 2.75) is 89.8 Å². The van der Waals surface area contributed by atoms with E-state index in [9.17, 15) is 4.79 Å². The van der Waals surface area contributed by atoms with Gasteiger partial charge < -0.3 is 4.90 Å². The lowest BCUT2D eigenvalue weighted by Crippen LogP contribution is -2.45. The molecule has 1 atom stereocenters. The molecule has 0 aromatic rings. The van der Waals surface area contributed by atoms with E-state index in [2.05, 4.69) is 24.1 Å². The van der Waals surface area contributed by atoms with Crippen LogP contribution in [-0.4, -0.2) is 29.1 Å². The van der Waals surface area contributed by atoms with Crippen molar-refractivity contribution in [1.82, 2.24) is 10.2 Å². The van der Waals surface area contributed by atoms with Crippen LogP contribution in [0.3, 0.4) is 0 Å². The van der Waals surface area contributed by atoms with Crippen molar-refractivity contribution >= 4 is 5.91 Å².